The lowest BCUT2D eigenvalue weighted by Gasteiger charge is -2.22. The summed E-state index contributed by atoms with van der Waals surface area (Å²) in [7, 11) is -0.776. The molecule has 94 valence electrons. The number of nitrogens with two attached hydrogens (primary N) is 1. The van der Waals surface area contributed by atoms with E-state index in [1.807, 2.05) is 43.3 Å². The molecule has 2 rings (SSSR count). The molecular weight excluding hydrogens is 241 g/mol. The van der Waals surface area contributed by atoms with Crippen molar-refractivity contribution in [1.82, 2.24) is 0 Å². The molecule has 0 aliphatic carbocycles. The summed E-state index contributed by atoms with van der Waals surface area (Å²) in [6.45, 7) is 2.56. The maximum Gasteiger partial charge on any atom is 0.0922 e. The Labute approximate surface area is 110 Å². The van der Waals surface area contributed by atoms with Crippen molar-refractivity contribution < 1.29 is 4.52 Å². The Balaban J connectivity index is 2.29. The largest absolute Gasteiger partial charge is 0.345 e. The van der Waals surface area contributed by atoms with E-state index in [-0.39, 0.29) is 6.10 Å². The van der Waals surface area contributed by atoms with Crippen LogP contribution in [0.3, 0.4) is 0 Å². The SMILES string of the molecule is CC(CN)OP(c1ccccc1)c1ccccc1. The molecule has 1 atom stereocenters. The molecule has 2 N–H and O–H groups in total. The van der Waals surface area contributed by atoms with E-state index in [4.69, 9.17) is 10.3 Å². The molecule has 2 aromatic rings. The number of rotatable bonds is 5. The standard InChI is InChI=1S/C15H18NOP/c1-13(12-16)17-18(14-8-4-2-5-9-14)15-10-6-3-7-11-15/h2-11,13H,12,16H2,1H3. The van der Waals surface area contributed by atoms with Gasteiger partial charge in [0.05, 0.1) is 14.3 Å². The maximum atomic E-state index is 6.11. The van der Waals surface area contributed by atoms with Crippen molar-refractivity contribution in [3.63, 3.8) is 0 Å². The van der Waals surface area contributed by atoms with Gasteiger partial charge in [-0.25, -0.2) is 0 Å². The first-order valence-electron chi connectivity index (χ1n) is 6.08. The van der Waals surface area contributed by atoms with Gasteiger partial charge in [-0.2, -0.15) is 0 Å². The van der Waals surface area contributed by atoms with Gasteiger partial charge < -0.3 is 10.3 Å². The van der Waals surface area contributed by atoms with Crippen molar-refractivity contribution in [3.05, 3.63) is 60.7 Å². The fraction of sp³-hybridized carbons (Fsp3) is 0.200. The number of benzene rings is 2. The Morgan fingerprint density at radius 3 is 1.78 bits per heavy atom. The van der Waals surface area contributed by atoms with E-state index in [1.54, 1.807) is 0 Å². The van der Waals surface area contributed by atoms with E-state index in [2.05, 4.69) is 24.3 Å². The van der Waals surface area contributed by atoms with Crippen LogP contribution in [0.15, 0.2) is 60.7 Å². The third-order valence-corrected chi connectivity index (χ3v) is 4.70. The van der Waals surface area contributed by atoms with E-state index in [0.29, 0.717) is 6.54 Å². The smallest absolute Gasteiger partial charge is 0.0922 e. The summed E-state index contributed by atoms with van der Waals surface area (Å²) in [5, 5.41) is 2.44. The Kier molecular flexibility index (Phi) is 4.89. The fourth-order valence-electron chi connectivity index (χ4n) is 1.62. The number of hydrogen-bond acceptors (Lipinski definition) is 2. The minimum atomic E-state index is -0.776. The fourth-order valence-corrected chi connectivity index (χ4v) is 3.49. The summed E-state index contributed by atoms with van der Waals surface area (Å²) in [6, 6.07) is 20.7. The summed E-state index contributed by atoms with van der Waals surface area (Å²) < 4.78 is 6.11. The van der Waals surface area contributed by atoms with Crippen LogP contribution >= 0.6 is 8.15 Å². The molecule has 1 unspecified atom stereocenters. The molecular formula is C15H18NOP. The van der Waals surface area contributed by atoms with Crippen LogP contribution < -0.4 is 16.3 Å². The summed E-state index contributed by atoms with van der Waals surface area (Å²) >= 11 is 0. The van der Waals surface area contributed by atoms with Crippen LogP contribution in [0.4, 0.5) is 0 Å². The van der Waals surface area contributed by atoms with Crippen LogP contribution in [0.5, 0.6) is 0 Å². The molecule has 0 saturated carbocycles. The predicted octanol–water partition coefficient (Wildman–Crippen LogP) is 2.40. The van der Waals surface area contributed by atoms with Gasteiger partial charge in [-0.15, -0.1) is 0 Å². The van der Waals surface area contributed by atoms with Crippen molar-refractivity contribution in [3.8, 4) is 0 Å². The third kappa shape index (κ3) is 3.39. The molecule has 3 heteroatoms. The van der Waals surface area contributed by atoms with Gasteiger partial charge in [0, 0.05) is 17.2 Å². The molecule has 18 heavy (non-hydrogen) atoms. The molecule has 0 amide bonds. The van der Waals surface area contributed by atoms with Gasteiger partial charge in [-0.05, 0) is 6.92 Å². The first-order valence-corrected chi connectivity index (χ1v) is 7.34. The molecule has 0 aliphatic rings. The van der Waals surface area contributed by atoms with Crippen molar-refractivity contribution in [2.45, 2.75) is 13.0 Å². The van der Waals surface area contributed by atoms with Gasteiger partial charge >= 0.3 is 0 Å². The molecule has 0 bridgehead atoms. The predicted molar refractivity (Wildman–Crippen MR) is 78.7 cm³/mol. The second kappa shape index (κ2) is 6.65. The summed E-state index contributed by atoms with van der Waals surface area (Å²) in [4.78, 5) is 0. The van der Waals surface area contributed by atoms with Crippen molar-refractivity contribution in [2.24, 2.45) is 5.73 Å². The highest BCUT2D eigenvalue weighted by Crippen LogP contribution is 2.36. The van der Waals surface area contributed by atoms with Crippen LogP contribution in [0.1, 0.15) is 6.92 Å². The second-order valence-electron chi connectivity index (χ2n) is 4.12. The highest BCUT2D eigenvalue weighted by Gasteiger charge is 2.17. The van der Waals surface area contributed by atoms with Crippen LogP contribution in [0.25, 0.3) is 0 Å². The molecule has 0 saturated heterocycles. The van der Waals surface area contributed by atoms with Crippen LogP contribution in [0.2, 0.25) is 0 Å². The van der Waals surface area contributed by atoms with Gasteiger partial charge in [0.1, 0.15) is 0 Å². The lowest BCUT2D eigenvalue weighted by Crippen LogP contribution is -2.23. The molecule has 2 aromatic carbocycles. The minimum absolute atomic E-state index is 0.0662. The van der Waals surface area contributed by atoms with Crippen LogP contribution in [-0.4, -0.2) is 12.6 Å². The molecule has 0 fully saturated rings. The topological polar surface area (TPSA) is 35.2 Å². The molecule has 0 heterocycles. The zero-order valence-corrected chi connectivity index (χ0v) is 11.4. The summed E-state index contributed by atoms with van der Waals surface area (Å²) in [5.41, 5.74) is 5.66. The Bertz CT molecular complexity index is 421. The summed E-state index contributed by atoms with van der Waals surface area (Å²) in [5.74, 6) is 0. The van der Waals surface area contributed by atoms with Gasteiger partial charge in [-0.1, -0.05) is 60.7 Å². The normalized spacial score (nSPS) is 12.6. The Hall–Kier alpha value is -1.21. The van der Waals surface area contributed by atoms with E-state index in [1.165, 1.54) is 10.6 Å². The second-order valence-corrected chi connectivity index (χ2v) is 5.95. The minimum Gasteiger partial charge on any atom is -0.345 e. The number of hydrogen-bond donors (Lipinski definition) is 1. The highest BCUT2D eigenvalue weighted by molar-refractivity contribution is 7.68. The Morgan fingerprint density at radius 2 is 1.39 bits per heavy atom. The molecule has 2 nitrogen and oxygen atoms in total. The highest BCUT2D eigenvalue weighted by atomic mass is 31.1. The first kappa shape index (κ1) is 13.2. The van der Waals surface area contributed by atoms with E-state index >= 15 is 0 Å². The van der Waals surface area contributed by atoms with E-state index in [9.17, 15) is 0 Å². The van der Waals surface area contributed by atoms with Gasteiger partial charge in [0.2, 0.25) is 0 Å². The average Bonchev–Trinajstić information content (AvgIpc) is 2.46. The summed E-state index contributed by atoms with van der Waals surface area (Å²) in [6.07, 6.45) is 0.0662. The Morgan fingerprint density at radius 1 is 0.944 bits per heavy atom. The molecule has 0 aliphatic heterocycles. The van der Waals surface area contributed by atoms with E-state index in [0.717, 1.165) is 0 Å². The average molecular weight is 259 g/mol. The first-order chi connectivity index (χ1) is 8.81. The van der Waals surface area contributed by atoms with E-state index < -0.39 is 8.15 Å². The lowest BCUT2D eigenvalue weighted by molar-refractivity contribution is 0.263. The molecule has 0 spiro atoms. The third-order valence-electron chi connectivity index (χ3n) is 2.60. The van der Waals surface area contributed by atoms with Crippen molar-refractivity contribution in [2.75, 3.05) is 6.54 Å². The molecule has 0 aromatic heterocycles. The van der Waals surface area contributed by atoms with Gasteiger partial charge in [-0.3, -0.25) is 0 Å². The maximum absolute atomic E-state index is 6.11. The van der Waals surface area contributed by atoms with Gasteiger partial charge in [0.25, 0.3) is 0 Å². The molecule has 0 radical (unpaired) electrons. The zero-order valence-electron chi connectivity index (χ0n) is 10.5. The van der Waals surface area contributed by atoms with Gasteiger partial charge in [0.15, 0.2) is 0 Å². The van der Waals surface area contributed by atoms with Crippen molar-refractivity contribution in [1.29, 1.82) is 0 Å². The quantitative estimate of drug-likeness (QED) is 0.837. The monoisotopic (exact) mass is 259 g/mol. The lowest BCUT2D eigenvalue weighted by atomic mass is 10.4. The zero-order chi connectivity index (χ0) is 12.8. The van der Waals surface area contributed by atoms with Crippen molar-refractivity contribution >= 4 is 18.8 Å². The van der Waals surface area contributed by atoms with Crippen LogP contribution in [0, 0.1) is 0 Å². The van der Waals surface area contributed by atoms with Crippen LogP contribution in [-0.2, 0) is 4.52 Å².